The van der Waals surface area contributed by atoms with Crippen LogP contribution in [0.1, 0.15) is 43.3 Å². The van der Waals surface area contributed by atoms with Crippen molar-refractivity contribution >= 4 is 0 Å². The molecule has 18 heavy (non-hydrogen) atoms. The topological polar surface area (TPSA) is 54.2 Å². The van der Waals surface area contributed by atoms with Crippen molar-refractivity contribution in [3.63, 3.8) is 0 Å². The number of piperidine rings is 1. The lowest BCUT2D eigenvalue weighted by Gasteiger charge is -2.26. The Labute approximate surface area is 108 Å². The van der Waals surface area contributed by atoms with Gasteiger partial charge in [0.2, 0.25) is 5.89 Å². The molecular formula is C13H22N4O. The van der Waals surface area contributed by atoms with E-state index in [4.69, 9.17) is 4.52 Å². The van der Waals surface area contributed by atoms with Crippen LogP contribution in [0.25, 0.3) is 0 Å². The van der Waals surface area contributed by atoms with E-state index in [9.17, 15) is 0 Å². The van der Waals surface area contributed by atoms with Gasteiger partial charge in [-0.25, -0.2) is 0 Å². The first-order valence-corrected chi connectivity index (χ1v) is 7.03. The highest BCUT2D eigenvalue weighted by Crippen LogP contribution is 2.38. The van der Waals surface area contributed by atoms with Gasteiger partial charge in [-0.1, -0.05) is 5.16 Å². The van der Waals surface area contributed by atoms with Gasteiger partial charge in [0.15, 0.2) is 5.82 Å². The van der Waals surface area contributed by atoms with Crippen molar-refractivity contribution in [1.29, 1.82) is 0 Å². The fourth-order valence-corrected chi connectivity index (χ4v) is 2.65. The molecule has 0 spiro atoms. The summed E-state index contributed by atoms with van der Waals surface area (Å²) in [5.41, 5.74) is 0. The van der Waals surface area contributed by atoms with Crippen LogP contribution in [0.15, 0.2) is 4.52 Å². The third-order valence-corrected chi connectivity index (χ3v) is 3.79. The molecule has 3 rings (SSSR count). The Balaban J connectivity index is 1.48. The molecule has 1 aromatic heterocycles. The van der Waals surface area contributed by atoms with Crippen LogP contribution in [0.4, 0.5) is 0 Å². The Hall–Kier alpha value is -0.940. The van der Waals surface area contributed by atoms with Crippen molar-refractivity contribution in [3.8, 4) is 0 Å². The zero-order chi connectivity index (χ0) is 12.4. The molecule has 1 aliphatic carbocycles. The van der Waals surface area contributed by atoms with Gasteiger partial charge in [0.25, 0.3) is 0 Å². The maximum absolute atomic E-state index is 5.28. The molecule has 1 saturated carbocycles. The Bertz CT molecular complexity index is 382. The SMILES string of the molecule is CN(Cc1noc(C2CC2)n1)CC1CCCNC1. The average molecular weight is 250 g/mol. The minimum Gasteiger partial charge on any atom is -0.339 e. The molecule has 1 N–H and O–H groups in total. The lowest BCUT2D eigenvalue weighted by atomic mass is 9.99. The van der Waals surface area contributed by atoms with Crippen molar-refractivity contribution in [3.05, 3.63) is 11.7 Å². The zero-order valence-electron chi connectivity index (χ0n) is 11.1. The smallest absolute Gasteiger partial charge is 0.229 e. The lowest BCUT2D eigenvalue weighted by Crippen LogP contribution is -2.36. The van der Waals surface area contributed by atoms with E-state index in [-0.39, 0.29) is 0 Å². The minimum absolute atomic E-state index is 0.555. The van der Waals surface area contributed by atoms with Crippen molar-refractivity contribution in [1.82, 2.24) is 20.4 Å². The summed E-state index contributed by atoms with van der Waals surface area (Å²) in [4.78, 5) is 6.78. The van der Waals surface area contributed by atoms with Gasteiger partial charge >= 0.3 is 0 Å². The van der Waals surface area contributed by atoms with Gasteiger partial charge in [0, 0.05) is 12.5 Å². The Morgan fingerprint density at radius 2 is 2.28 bits per heavy atom. The number of aromatic nitrogens is 2. The monoisotopic (exact) mass is 250 g/mol. The molecule has 5 nitrogen and oxygen atoms in total. The molecule has 2 heterocycles. The summed E-state index contributed by atoms with van der Waals surface area (Å²) in [5, 5.41) is 7.52. The van der Waals surface area contributed by atoms with Gasteiger partial charge < -0.3 is 9.84 Å². The molecule has 1 atom stereocenters. The van der Waals surface area contributed by atoms with Gasteiger partial charge in [-0.3, -0.25) is 4.90 Å². The van der Waals surface area contributed by atoms with E-state index in [1.54, 1.807) is 0 Å². The number of rotatable bonds is 5. The van der Waals surface area contributed by atoms with Crippen molar-refractivity contribution in [2.45, 2.75) is 38.1 Å². The van der Waals surface area contributed by atoms with Crippen LogP contribution in [0.3, 0.4) is 0 Å². The summed E-state index contributed by atoms with van der Waals surface area (Å²) in [6, 6.07) is 0. The van der Waals surface area contributed by atoms with E-state index in [2.05, 4.69) is 27.4 Å². The van der Waals surface area contributed by atoms with Crippen LogP contribution in [0.2, 0.25) is 0 Å². The zero-order valence-corrected chi connectivity index (χ0v) is 11.1. The highest BCUT2D eigenvalue weighted by atomic mass is 16.5. The standard InChI is InChI=1S/C13H22N4O/c1-17(8-10-3-2-6-14-7-10)9-12-15-13(18-16-12)11-4-5-11/h10-11,14H,2-9H2,1H3. The molecule has 1 aliphatic heterocycles. The minimum atomic E-state index is 0.555. The van der Waals surface area contributed by atoms with Gasteiger partial charge in [0.1, 0.15) is 0 Å². The molecule has 5 heteroatoms. The summed E-state index contributed by atoms with van der Waals surface area (Å²) < 4.78 is 5.28. The predicted octanol–water partition coefficient (Wildman–Crippen LogP) is 1.38. The van der Waals surface area contributed by atoms with Crippen LogP contribution in [0, 0.1) is 5.92 Å². The predicted molar refractivity (Wildman–Crippen MR) is 68.2 cm³/mol. The van der Waals surface area contributed by atoms with Crippen molar-refractivity contribution in [2.24, 2.45) is 5.92 Å². The summed E-state index contributed by atoms with van der Waals surface area (Å²) in [6.07, 6.45) is 5.06. The van der Waals surface area contributed by atoms with Crippen LogP contribution >= 0.6 is 0 Å². The second-order valence-corrected chi connectivity index (χ2v) is 5.73. The lowest BCUT2D eigenvalue weighted by molar-refractivity contribution is 0.231. The van der Waals surface area contributed by atoms with E-state index >= 15 is 0 Å². The molecule has 2 aliphatic rings. The first-order valence-electron chi connectivity index (χ1n) is 7.03. The first kappa shape index (κ1) is 12.1. The largest absolute Gasteiger partial charge is 0.339 e. The van der Waals surface area contributed by atoms with Gasteiger partial charge in [0.05, 0.1) is 6.54 Å². The molecule has 2 fully saturated rings. The maximum atomic E-state index is 5.28. The van der Waals surface area contributed by atoms with E-state index in [0.29, 0.717) is 5.92 Å². The Morgan fingerprint density at radius 3 is 3.00 bits per heavy atom. The molecule has 0 radical (unpaired) electrons. The molecule has 0 amide bonds. The van der Waals surface area contributed by atoms with Gasteiger partial charge in [-0.2, -0.15) is 4.98 Å². The second-order valence-electron chi connectivity index (χ2n) is 5.73. The molecule has 1 aromatic rings. The number of hydrogen-bond donors (Lipinski definition) is 1. The molecule has 0 aromatic carbocycles. The highest BCUT2D eigenvalue weighted by molar-refractivity contribution is 5.01. The summed E-state index contributed by atoms with van der Waals surface area (Å²) in [5.74, 6) is 3.00. The Kier molecular flexibility index (Phi) is 3.61. The third kappa shape index (κ3) is 3.09. The van der Waals surface area contributed by atoms with Crippen LogP contribution in [-0.4, -0.2) is 41.7 Å². The molecule has 1 saturated heterocycles. The first-order chi connectivity index (χ1) is 8.81. The van der Waals surface area contributed by atoms with E-state index in [0.717, 1.165) is 37.3 Å². The van der Waals surface area contributed by atoms with Crippen molar-refractivity contribution in [2.75, 3.05) is 26.7 Å². The highest BCUT2D eigenvalue weighted by Gasteiger charge is 2.29. The number of nitrogens with one attached hydrogen (secondary N) is 1. The van der Waals surface area contributed by atoms with Crippen LogP contribution < -0.4 is 5.32 Å². The Morgan fingerprint density at radius 1 is 1.39 bits per heavy atom. The van der Waals surface area contributed by atoms with Gasteiger partial charge in [-0.15, -0.1) is 0 Å². The molecular weight excluding hydrogens is 228 g/mol. The average Bonchev–Trinajstić information content (AvgIpc) is 3.12. The fourth-order valence-electron chi connectivity index (χ4n) is 2.65. The van der Waals surface area contributed by atoms with Gasteiger partial charge in [-0.05, 0) is 51.7 Å². The number of nitrogens with zero attached hydrogens (tertiary/aromatic N) is 3. The fraction of sp³-hybridized carbons (Fsp3) is 0.846. The summed E-state index contributed by atoms with van der Waals surface area (Å²) in [7, 11) is 2.14. The van der Waals surface area contributed by atoms with E-state index < -0.39 is 0 Å². The summed E-state index contributed by atoms with van der Waals surface area (Å²) in [6.45, 7) is 4.23. The third-order valence-electron chi connectivity index (χ3n) is 3.79. The molecule has 1 unspecified atom stereocenters. The maximum Gasteiger partial charge on any atom is 0.229 e. The van der Waals surface area contributed by atoms with Crippen molar-refractivity contribution < 1.29 is 4.52 Å². The number of hydrogen-bond acceptors (Lipinski definition) is 5. The van der Waals surface area contributed by atoms with Crippen LogP contribution in [0.5, 0.6) is 0 Å². The van der Waals surface area contributed by atoms with E-state index in [1.165, 1.54) is 32.2 Å². The molecule has 100 valence electrons. The summed E-state index contributed by atoms with van der Waals surface area (Å²) >= 11 is 0. The quantitative estimate of drug-likeness (QED) is 0.855. The molecule has 0 bridgehead atoms. The second kappa shape index (κ2) is 5.36. The normalized spacial score (nSPS) is 24.7. The van der Waals surface area contributed by atoms with Crippen LogP contribution in [-0.2, 0) is 6.54 Å². The van der Waals surface area contributed by atoms with E-state index in [1.807, 2.05) is 0 Å².